The Labute approximate surface area is 375 Å². The van der Waals surface area contributed by atoms with E-state index in [0.717, 1.165) is 17.1 Å². The molecule has 0 radical (unpaired) electrons. The van der Waals surface area contributed by atoms with Gasteiger partial charge in [0.25, 0.3) is 0 Å². The Morgan fingerprint density at radius 2 is 0.562 bits per heavy atom. The fraction of sp³-hybridized carbons (Fsp3) is 0.0476. The first-order chi connectivity index (χ1) is 31.5. The standard InChI is InChI=1S/C63H45N/c1-63(2)61-38-31-49(39-59(61)60-40-57-55-19-11-9-17-53(55)54-18-10-12-20-56(54)58(57)41-62(60)63)48-29-36-52(37-30-48)64(50-32-25-46(26-33-50)43-15-7-4-8-16-43)51-34-27-47(28-35-51)45-23-21-44(22-24-45)42-13-5-3-6-14-42/h3-41H,1-2H3. The summed E-state index contributed by atoms with van der Waals surface area (Å²) in [6.45, 7) is 4.77. The SMILES string of the molecule is CC1(C)c2ccc(-c3ccc(N(c4ccc(-c5ccccc5)cc4)c4ccc(-c5ccc(-c6ccccc6)cc5)cc4)cc3)cc2-c2cc3c4ccccc4c4ccccc4c3cc21. The van der Waals surface area contributed by atoms with E-state index in [-0.39, 0.29) is 5.41 Å². The molecule has 64 heavy (non-hydrogen) atoms. The Bertz CT molecular complexity index is 3510. The van der Waals surface area contributed by atoms with E-state index in [1.54, 1.807) is 0 Å². The molecule has 0 N–H and O–H groups in total. The summed E-state index contributed by atoms with van der Waals surface area (Å²) in [4.78, 5) is 2.36. The van der Waals surface area contributed by atoms with Gasteiger partial charge >= 0.3 is 0 Å². The van der Waals surface area contributed by atoms with E-state index in [2.05, 4.69) is 255 Å². The smallest absolute Gasteiger partial charge is 0.0462 e. The molecule has 1 aliphatic rings. The molecule has 0 atom stereocenters. The molecule has 11 aromatic carbocycles. The molecule has 1 aliphatic carbocycles. The average molecular weight is 816 g/mol. The second kappa shape index (κ2) is 15.1. The van der Waals surface area contributed by atoms with Gasteiger partial charge in [0.15, 0.2) is 0 Å². The maximum absolute atomic E-state index is 2.49. The molecule has 12 rings (SSSR count). The van der Waals surface area contributed by atoms with Crippen LogP contribution in [0.15, 0.2) is 237 Å². The predicted octanol–water partition coefficient (Wildman–Crippen LogP) is 17.6. The molecule has 0 aromatic heterocycles. The number of nitrogens with zero attached hydrogens (tertiary/aromatic N) is 1. The predicted molar refractivity (Wildman–Crippen MR) is 273 cm³/mol. The van der Waals surface area contributed by atoms with Gasteiger partial charge in [0.05, 0.1) is 0 Å². The van der Waals surface area contributed by atoms with Crippen LogP contribution in [0.1, 0.15) is 25.0 Å². The third-order valence-corrected chi connectivity index (χ3v) is 13.7. The van der Waals surface area contributed by atoms with Crippen LogP contribution in [0, 0.1) is 0 Å². The summed E-state index contributed by atoms with van der Waals surface area (Å²) in [6.07, 6.45) is 0. The molecule has 1 heteroatoms. The highest BCUT2D eigenvalue weighted by Crippen LogP contribution is 2.52. The molecule has 0 saturated heterocycles. The minimum atomic E-state index is -0.119. The fourth-order valence-corrected chi connectivity index (χ4v) is 10.3. The van der Waals surface area contributed by atoms with Gasteiger partial charge in [-0.2, -0.15) is 0 Å². The van der Waals surface area contributed by atoms with Crippen molar-refractivity contribution in [3.63, 3.8) is 0 Å². The summed E-state index contributed by atoms with van der Waals surface area (Å²) < 4.78 is 0. The second-order valence-corrected chi connectivity index (χ2v) is 17.7. The van der Waals surface area contributed by atoms with Gasteiger partial charge in [-0.15, -0.1) is 0 Å². The number of hydrogen-bond donors (Lipinski definition) is 0. The van der Waals surface area contributed by atoms with Crippen LogP contribution in [-0.2, 0) is 5.41 Å². The third-order valence-electron chi connectivity index (χ3n) is 13.7. The van der Waals surface area contributed by atoms with Gasteiger partial charge in [-0.05, 0) is 154 Å². The summed E-state index contributed by atoms with van der Waals surface area (Å²) in [5.41, 5.74) is 18.3. The van der Waals surface area contributed by atoms with E-state index in [9.17, 15) is 0 Å². The lowest BCUT2D eigenvalue weighted by Crippen LogP contribution is -2.14. The fourth-order valence-electron chi connectivity index (χ4n) is 10.3. The normalized spacial score (nSPS) is 12.7. The molecule has 0 fully saturated rings. The summed E-state index contributed by atoms with van der Waals surface area (Å²) in [7, 11) is 0. The van der Waals surface area contributed by atoms with Crippen LogP contribution in [0.25, 0.3) is 88.0 Å². The number of hydrogen-bond acceptors (Lipinski definition) is 1. The summed E-state index contributed by atoms with van der Waals surface area (Å²) >= 11 is 0. The molecule has 0 aliphatic heterocycles. The molecular weight excluding hydrogens is 771 g/mol. The van der Waals surface area contributed by atoms with Crippen LogP contribution < -0.4 is 4.90 Å². The topological polar surface area (TPSA) is 3.24 Å². The quantitative estimate of drug-likeness (QED) is 0.145. The molecule has 0 saturated carbocycles. The maximum atomic E-state index is 2.49. The van der Waals surface area contributed by atoms with E-state index < -0.39 is 0 Å². The maximum Gasteiger partial charge on any atom is 0.0462 e. The van der Waals surface area contributed by atoms with Crippen molar-refractivity contribution in [2.45, 2.75) is 19.3 Å². The number of benzene rings is 11. The highest BCUT2D eigenvalue weighted by atomic mass is 15.1. The van der Waals surface area contributed by atoms with Crippen molar-refractivity contribution in [3.8, 4) is 55.6 Å². The van der Waals surface area contributed by atoms with Crippen LogP contribution in [0.3, 0.4) is 0 Å². The Hall–Kier alpha value is -8.00. The van der Waals surface area contributed by atoms with Crippen LogP contribution in [0.4, 0.5) is 17.1 Å². The molecule has 0 bridgehead atoms. The lowest BCUT2D eigenvalue weighted by Gasteiger charge is -2.26. The average Bonchev–Trinajstić information content (AvgIpc) is 3.59. The molecule has 0 unspecified atom stereocenters. The van der Waals surface area contributed by atoms with Gasteiger partial charge < -0.3 is 4.90 Å². The van der Waals surface area contributed by atoms with E-state index in [1.165, 1.54) is 99.1 Å². The third kappa shape index (κ3) is 6.31. The van der Waals surface area contributed by atoms with Gasteiger partial charge in [-0.1, -0.05) is 196 Å². The van der Waals surface area contributed by atoms with E-state index in [0.29, 0.717) is 0 Å². The van der Waals surface area contributed by atoms with Gasteiger partial charge in [0, 0.05) is 22.5 Å². The molecule has 302 valence electrons. The largest absolute Gasteiger partial charge is 0.311 e. The van der Waals surface area contributed by atoms with Gasteiger partial charge in [-0.3, -0.25) is 0 Å². The first-order valence-electron chi connectivity index (χ1n) is 22.3. The van der Waals surface area contributed by atoms with Crippen molar-refractivity contribution >= 4 is 49.4 Å². The van der Waals surface area contributed by atoms with Crippen LogP contribution in [-0.4, -0.2) is 0 Å². The summed E-state index contributed by atoms with van der Waals surface area (Å²) in [5, 5.41) is 7.89. The Morgan fingerprint density at radius 3 is 1.00 bits per heavy atom. The summed E-state index contributed by atoms with van der Waals surface area (Å²) in [6, 6.07) is 86.9. The van der Waals surface area contributed by atoms with Gasteiger partial charge in [-0.25, -0.2) is 0 Å². The van der Waals surface area contributed by atoms with Crippen LogP contribution in [0.5, 0.6) is 0 Å². The number of rotatable bonds is 7. The van der Waals surface area contributed by atoms with E-state index in [1.807, 2.05) is 0 Å². The molecule has 0 amide bonds. The van der Waals surface area contributed by atoms with Crippen molar-refractivity contribution in [1.29, 1.82) is 0 Å². The van der Waals surface area contributed by atoms with E-state index in [4.69, 9.17) is 0 Å². The molecule has 1 nitrogen and oxygen atoms in total. The van der Waals surface area contributed by atoms with Gasteiger partial charge in [0.1, 0.15) is 0 Å². The van der Waals surface area contributed by atoms with Crippen molar-refractivity contribution in [1.82, 2.24) is 0 Å². The molecule has 11 aromatic rings. The van der Waals surface area contributed by atoms with Crippen LogP contribution >= 0.6 is 0 Å². The minimum Gasteiger partial charge on any atom is -0.311 e. The molecular formula is C63H45N. The van der Waals surface area contributed by atoms with Crippen molar-refractivity contribution < 1.29 is 0 Å². The first-order valence-corrected chi connectivity index (χ1v) is 22.3. The molecule has 0 heterocycles. The summed E-state index contributed by atoms with van der Waals surface area (Å²) in [5.74, 6) is 0. The van der Waals surface area contributed by atoms with Crippen LogP contribution in [0.2, 0.25) is 0 Å². The lowest BCUT2D eigenvalue weighted by atomic mass is 9.81. The Balaban J connectivity index is 0.910. The zero-order valence-corrected chi connectivity index (χ0v) is 36.0. The highest BCUT2D eigenvalue weighted by Gasteiger charge is 2.36. The second-order valence-electron chi connectivity index (χ2n) is 17.7. The van der Waals surface area contributed by atoms with Crippen molar-refractivity contribution in [3.05, 3.63) is 248 Å². The Kier molecular flexibility index (Phi) is 8.91. The number of fused-ring (bicyclic) bond motifs is 9. The number of anilines is 3. The zero-order chi connectivity index (χ0) is 42.8. The first kappa shape index (κ1) is 37.7. The van der Waals surface area contributed by atoms with Gasteiger partial charge in [0.2, 0.25) is 0 Å². The van der Waals surface area contributed by atoms with Crippen molar-refractivity contribution in [2.75, 3.05) is 4.90 Å². The Morgan fingerprint density at radius 1 is 0.250 bits per heavy atom. The monoisotopic (exact) mass is 815 g/mol. The zero-order valence-electron chi connectivity index (χ0n) is 36.0. The highest BCUT2D eigenvalue weighted by molar-refractivity contribution is 6.26. The van der Waals surface area contributed by atoms with E-state index >= 15 is 0 Å². The lowest BCUT2D eigenvalue weighted by molar-refractivity contribution is 0.661. The minimum absolute atomic E-state index is 0.119. The molecule has 0 spiro atoms. The van der Waals surface area contributed by atoms with Crippen molar-refractivity contribution in [2.24, 2.45) is 0 Å².